The second-order valence-corrected chi connectivity index (χ2v) is 3.18. The van der Waals surface area contributed by atoms with Gasteiger partial charge in [0, 0.05) is 25.5 Å². The first-order chi connectivity index (χ1) is 8.25. The van der Waals surface area contributed by atoms with E-state index in [9.17, 15) is 4.79 Å². The summed E-state index contributed by atoms with van der Waals surface area (Å²) in [5, 5.41) is 20.2. The van der Waals surface area contributed by atoms with E-state index in [1.54, 1.807) is 0 Å². The first-order valence-corrected chi connectivity index (χ1v) is 5.22. The molecule has 0 saturated carbocycles. The Hall–Kier alpha value is -1.73. The van der Waals surface area contributed by atoms with Crippen LogP contribution in [0.3, 0.4) is 0 Å². The first kappa shape index (κ1) is 13.3. The number of ether oxygens (including phenoxy) is 1. The lowest BCUT2D eigenvalue weighted by Gasteiger charge is -2.07. The third-order valence-corrected chi connectivity index (χ3v) is 1.89. The molecule has 0 radical (unpaired) electrons. The molecule has 0 saturated heterocycles. The molecular weight excluding hydrogens is 226 g/mol. The number of carboxylic acids is 1. The Balaban J connectivity index is 2.34. The van der Waals surface area contributed by atoms with Gasteiger partial charge >= 0.3 is 5.97 Å². The molecule has 0 aliphatic carbocycles. The van der Waals surface area contributed by atoms with Crippen molar-refractivity contribution in [3.05, 3.63) is 18.1 Å². The summed E-state index contributed by atoms with van der Waals surface area (Å²) in [4.78, 5) is 18.4. The van der Waals surface area contributed by atoms with E-state index in [0.29, 0.717) is 26.2 Å². The summed E-state index contributed by atoms with van der Waals surface area (Å²) in [5.41, 5.74) is -0.0937. The van der Waals surface area contributed by atoms with Crippen LogP contribution in [-0.2, 0) is 4.74 Å². The third kappa shape index (κ3) is 4.75. The predicted octanol–water partition coefficient (Wildman–Crippen LogP) is -0.0143. The molecule has 0 amide bonds. The highest BCUT2D eigenvalue weighted by molar-refractivity contribution is 5.90. The SMILES string of the molecule is O=C(O)c1nccnc1NCCCOCCO. The minimum absolute atomic E-state index is 0.000746. The Morgan fingerprint density at radius 2 is 2.12 bits per heavy atom. The van der Waals surface area contributed by atoms with Crippen LogP contribution in [0.1, 0.15) is 16.9 Å². The predicted molar refractivity (Wildman–Crippen MR) is 60.0 cm³/mol. The second-order valence-electron chi connectivity index (χ2n) is 3.18. The smallest absolute Gasteiger partial charge is 0.358 e. The molecule has 0 bridgehead atoms. The minimum atomic E-state index is -1.11. The lowest BCUT2D eigenvalue weighted by atomic mass is 10.4. The van der Waals surface area contributed by atoms with Gasteiger partial charge in [0.1, 0.15) is 0 Å². The van der Waals surface area contributed by atoms with Gasteiger partial charge in [-0.25, -0.2) is 14.8 Å². The van der Waals surface area contributed by atoms with Crippen LogP contribution in [0.25, 0.3) is 0 Å². The van der Waals surface area contributed by atoms with Gasteiger partial charge in [-0.15, -0.1) is 0 Å². The van der Waals surface area contributed by atoms with E-state index in [1.807, 2.05) is 0 Å². The van der Waals surface area contributed by atoms with Crippen molar-refractivity contribution < 1.29 is 19.7 Å². The molecule has 1 aromatic rings. The standard InChI is InChI=1S/C10H15N3O4/c14-5-7-17-6-1-2-12-9-8(10(15)16)11-3-4-13-9/h3-4,14H,1-2,5-7H2,(H,12,13)(H,15,16). The van der Waals surface area contributed by atoms with Gasteiger partial charge in [-0.2, -0.15) is 0 Å². The monoisotopic (exact) mass is 241 g/mol. The minimum Gasteiger partial charge on any atom is -0.476 e. The van der Waals surface area contributed by atoms with Crippen molar-refractivity contribution in [3.63, 3.8) is 0 Å². The average Bonchev–Trinajstić information content (AvgIpc) is 2.34. The maximum Gasteiger partial charge on any atom is 0.358 e. The molecule has 1 heterocycles. The summed E-state index contributed by atoms with van der Waals surface area (Å²) in [6, 6.07) is 0. The van der Waals surface area contributed by atoms with E-state index >= 15 is 0 Å². The van der Waals surface area contributed by atoms with Crippen LogP contribution in [0, 0.1) is 0 Å². The van der Waals surface area contributed by atoms with Crippen molar-refractivity contribution in [1.82, 2.24) is 9.97 Å². The lowest BCUT2D eigenvalue weighted by molar-refractivity contribution is 0.0691. The number of aromatic nitrogens is 2. The number of aliphatic hydroxyl groups excluding tert-OH is 1. The molecule has 0 unspecified atom stereocenters. The Labute approximate surface area is 98.5 Å². The van der Waals surface area contributed by atoms with E-state index < -0.39 is 5.97 Å². The van der Waals surface area contributed by atoms with Crippen LogP contribution in [0.5, 0.6) is 0 Å². The summed E-state index contributed by atoms with van der Waals surface area (Å²) in [6.45, 7) is 1.34. The number of hydrogen-bond acceptors (Lipinski definition) is 6. The van der Waals surface area contributed by atoms with Gasteiger partial charge in [-0.3, -0.25) is 0 Å². The number of nitrogens with zero attached hydrogens (tertiary/aromatic N) is 2. The quantitative estimate of drug-likeness (QED) is 0.549. The number of hydrogen-bond donors (Lipinski definition) is 3. The summed E-state index contributed by atoms with van der Waals surface area (Å²) < 4.78 is 5.06. The molecule has 17 heavy (non-hydrogen) atoms. The molecule has 0 spiro atoms. The molecule has 1 rings (SSSR count). The number of rotatable bonds is 8. The lowest BCUT2D eigenvalue weighted by Crippen LogP contribution is -2.13. The number of nitrogens with one attached hydrogen (secondary N) is 1. The van der Waals surface area contributed by atoms with Gasteiger partial charge in [0.25, 0.3) is 0 Å². The Bertz CT molecular complexity index is 359. The number of anilines is 1. The van der Waals surface area contributed by atoms with E-state index in [-0.39, 0.29) is 18.1 Å². The van der Waals surface area contributed by atoms with Crippen LogP contribution in [0.2, 0.25) is 0 Å². The molecule has 0 fully saturated rings. The second kappa shape index (κ2) is 7.53. The third-order valence-electron chi connectivity index (χ3n) is 1.89. The zero-order valence-corrected chi connectivity index (χ0v) is 9.30. The molecule has 7 heteroatoms. The molecule has 0 aliphatic rings. The fraction of sp³-hybridized carbons (Fsp3) is 0.500. The van der Waals surface area contributed by atoms with Crippen molar-refractivity contribution in [1.29, 1.82) is 0 Å². The molecule has 94 valence electrons. The Morgan fingerprint density at radius 1 is 1.35 bits per heavy atom. The van der Waals surface area contributed by atoms with Gasteiger partial charge in [0.15, 0.2) is 11.5 Å². The van der Waals surface area contributed by atoms with Crippen LogP contribution >= 0.6 is 0 Å². The van der Waals surface area contributed by atoms with Crippen molar-refractivity contribution in [2.45, 2.75) is 6.42 Å². The zero-order chi connectivity index (χ0) is 12.5. The number of carboxylic acid groups (broad SMARTS) is 1. The summed E-state index contributed by atoms with van der Waals surface area (Å²) in [5.74, 6) is -0.862. The topological polar surface area (TPSA) is 105 Å². The highest BCUT2D eigenvalue weighted by Gasteiger charge is 2.11. The normalized spacial score (nSPS) is 10.2. The van der Waals surface area contributed by atoms with Gasteiger partial charge in [-0.1, -0.05) is 0 Å². The highest BCUT2D eigenvalue weighted by atomic mass is 16.5. The molecule has 0 aromatic carbocycles. The first-order valence-electron chi connectivity index (χ1n) is 5.22. The van der Waals surface area contributed by atoms with Crippen LogP contribution in [-0.4, -0.2) is 52.5 Å². The molecular formula is C10H15N3O4. The molecule has 7 nitrogen and oxygen atoms in total. The van der Waals surface area contributed by atoms with Gasteiger partial charge in [0.2, 0.25) is 0 Å². The fourth-order valence-electron chi connectivity index (χ4n) is 1.17. The molecule has 3 N–H and O–H groups in total. The Morgan fingerprint density at radius 3 is 2.82 bits per heavy atom. The van der Waals surface area contributed by atoms with Gasteiger partial charge in [-0.05, 0) is 6.42 Å². The molecule has 1 aromatic heterocycles. The van der Waals surface area contributed by atoms with Crippen molar-refractivity contribution >= 4 is 11.8 Å². The van der Waals surface area contributed by atoms with E-state index in [2.05, 4.69) is 15.3 Å². The van der Waals surface area contributed by atoms with Crippen molar-refractivity contribution in [3.8, 4) is 0 Å². The number of aliphatic hydroxyl groups is 1. The van der Waals surface area contributed by atoms with E-state index in [0.717, 1.165) is 0 Å². The Kier molecular flexibility index (Phi) is 5.91. The number of carbonyl (C=O) groups is 1. The molecule has 0 aliphatic heterocycles. The number of aromatic carboxylic acids is 1. The van der Waals surface area contributed by atoms with E-state index in [1.165, 1.54) is 12.4 Å². The zero-order valence-electron chi connectivity index (χ0n) is 9.30. The van der Waals surface area contributed by atoms with Gasteiger partial charge in [0.05, 0.1) is 13.2 Å². The summed E-state index contributed by atoms with van der Waals surface area (Å²) in [6.07, 6.45) is 3.45. The molecule has 0 atom stereocenters. The van der Waals surface area contributed by atoms with Crippen molar-refractivity contribution in [2.75, 3.05) is 31.7 Å². The highest BCUT2D eigenvalue weighted by Crippen LogP contribution is 2.07. The van der Waals surface area contributed by atoms with Gasteiger partial charge < -0.3 is 20.3 Å². The van der Waals surface area contributed by atoms with Crippen LogP contribution < -0.4 is 5.32 Å². The average molecular weight is 241 g/mol. The largest absolute Gasteiger partial charge is 0.476 e. The maximum atomic E-state index is 10.8. The van der Waals surface area contributed by atoms with Crippen LogP contribution in [0.4, 0.5) is 5.82 Å². The summed E-state index contributed by atoms with van der Waals surface area (Å²) in [7, 11) is 0. The fourth-order valence-corrected chi connectivity index (χ4v) is 1.17. The van der Waals surface area contributed by atoms with E-state index in [4.69, 9.17) is 14.9 Å². The summed E-state index contributed by atoms with van der Waals surface area (Å²) >= 11 is 0. The maximum absolute atomic E-state index is 10.8. The van der Waals surface area contributed by atoms with Crippen LogP contribution in [0.15, 0.2) is 12.4 Å². The van der Waals surface area contributed by atoms with Crippen molar-refractivity contribution in [2.24, 2.45) is 0 Å².